The van der Waals surface area contributed by atoms with Crippen LogP contribution in [0.25, 0.3) is 11.2 Å². The number of aromatic nitrogens is 4. The van der Waals surface area contributed by atoms with E-state index in [1.807, 2.05) is 6.92 Å². The van der Waals surface area contributed by atoms with E-state index in [1.165, 1.54) is 4.57 Å². The number of nitrogens with zero attached hydrogens (tertiary/aromatic N) is 3. The van der Waals surface area contributed by atoms with E-state index in [0.29, 0.717) is 36.1 Å². The molecule has 0 spiro atoms. The van der Waals surface area contributed by atoms with Crippen molar-refractivity contribution in [2.75, 3.05) is 5.32 Å². The molecule has 33 heavy (non-hydrogen) atoms. The van der Waals surface area contributed by atoms with Crippen LogP contribution in [-0.2, 0) is 24.3 Å². The maximum absolute atomic E-state index is 13.8. The summed E-state index contributed by atoms with van der Waals surface area (Å²) in [5.74, 6) is -1.55. The van der Waals surface area contributed by atoms with Crippen LogP contribution in [0.1, 0.15) is 58.2 Å². The highest BCUT2D eigenvalue weighted by atomic mass is 19.1. The topological polar surface area (TPSA) is 102 Å². The van der Waals surface area contributed by atoms with E-state index in [1.54, 1.807) is 4.57 Å². The summed E-state index contributed by atoms with van der Waals surface area (Å²) in [4.78, 5) is 44.4. The third kappa shape index (κ3) is 5.74. The maximum Gasteiger partial charge on any atom is 0.330 e. The molecular formula is C23H29F2N5O3. The summed E-state index contributed by atoms with van der Waals surface area (Å²) in [5, 5.41) is 2.43. The first-order valence-electron chi connectivity index (χ1n) is 11.3. The average molecular weight is 462 g/mol. The number of hydrogen-bond donors (Lipinski definition) is 2. The van der Waals surface area contributed by atoms with E-state index < -0.39 is 28.8 Å². The van der Waals surface area contributed by atoms with E-state index >= 15 is 0 Å². The fraction of sp³-hybridized carbons (Fsp3) is 0.478. The summed E-state index contributed by atoms with van der Waals surface area (Å²) in [6.07, 6.45) is 4.56. The molecule has 0 bridgehead atoms. The molecule has 0 saturated carbocycles. The minimum absolute atomic E-state index is 0.0228. The SMILES string of the molecule is CCCCCn1c(CCC(=O)Nc2ccc(F)cc2F)nc2c1c(=O)[nH]c(=O)n2CCCC. The highest BCUT2D eigenvalue weighted by molar-refractivity contribution is 5.91. The molecule has 8 nitrogen and oxygen atoms in total. The third-order valence-corrected chi connectivity index (χ3v) is 5.47. The minimum Gasteiger partial charge on any atom is -0.324 e. The van der Waals surface area contributed by atoms with Gasteiger partial charge in [-0.3, -0.25) is 19.1 Å². The fourth-order valence-electron chi connectivity index (χ4n) is 3.72. The van der Waals surface area contributed by atoms with Crippen molar-refractivity contribution in [1.82, 2.24) is 19.1 Å². The van der Waals surface area contributed by atoms with Gasteiger partial charge >= 0.3 is 5.69 Å². The van der Waals surface area contributed by atoms with Crippen molar-refractivity contribution >= 4 is 22.8 Å². The number of nitrogens with one attached hydrogen (secondary N) is 2. The van der Waals surface area contributed by atoms with Gasteiger partial charge in [0.25, 0.3) is 5.56 Å². The van der Waals surface area contributed by atoms with Gasteiger partial charge in [-0.1, -0.05) is 33.1 Å². The molecule has 1 aromatic carbocycles. The number of unbranched alkanes of at least 4 members (excludes halogenated alkanes) is 3. The number of carbonyl (C=O) groups excluding carboxylic acids is 1. The van der Waals surface area contributed by atoms with Crippen molar-refractivity contribution < 1.29 is 13.6 Å². The molecule has 0 fully saturated rings. The minimum atomic E-state index is -0.860. The van der Waals surface area contributed by atoms with Crippen LogP contribution >= 0.6 is 0 Å². The Kier molecular flexibility index (Phi) is 8.13. The molecule has 0 radical (unpaired) electrons. The number of anilines is 1. The van der Waals surface area contributed by atoms with Gasteiger partial charge in [0.05, 0.1) is 5.69 Å². The van der Waals surface area contributed by atoms with Gasteiger partial charge in [0.15, 0.2) is 11.2 Å². The molecule has 178 valence electrons. The van der Waals surface area contributed by atoms with Crippen molar-refractivity contribution in [2.45, 2.75) is 71.9 Å². The first-order valence-corrected chi connectivity index (χ1v) is 11.3. The van der Waals surface area contributed by atoms with Gasteiger partial charge in [0, 0.05) is 32.0 Å². The number of benzene rings is 1. The summed E-state index contributed by atoms with van der Waals surface area (Å²) in [5.41, 5.74) is -0.482. The first kappa shape index (κ1) is 24.3. The molecule has 10 heteroatoms. The zero-order chi connectivity index (χ0) is 24.0. The number of aryl methyl sites for hydroxylation is 3. The summed E-state index contributed by atoms with van der Waals surface area (Å²) in [7, 11) is 0. The van der Waals surface area contributed by atoms with Crippen molar-refractivity contribution in [1.29, 1.82) is 0 Å². The number of aromatic amines is 1. The molecule has 0 aliphatic carbocycles. The first-order chi connectivity index (χ1) is 15.8. The summed E-state index contributed by atoms with van der Waals surface area (Å²) >= 11 is 0. The number of halogens is 2. The number of hydrogen-bond acceptors (Lipinski definition) is 4. The Bertz CT molecular complexity index is 1250. The van der Waals surface area contributed by atoms with Gasteiger partial charge < -0.3 is 9.88 Å². The molecule has 0 atom stereocenters. The molecule has 1 amide bonds. The molecule has 2 heterocycles. The molecule has 2 N–H and O–H groups in total. The smallest absolute Gasteiger partial charge is 0.324 e. The highest BCUT2D eigenvalue weighted by Crippen LogP contribution is 2.18. The van der Waals surface area contributed by atoms with E-state index in [4.69, 9.17) is 0 Å². The molecule has 0 aliphatic rings. The van der Waals surface area contributed by atoms with Crippen molar-refractivity contribution in [3.63, 3.8) is 0 Å². The van der Waals surface area contributed by atoms with Gasteiger partial charge in [0.2, 0.25) is 5.91 Å². The zero-order valence-electron chi connectivity index (χ0n) is 18.9. The Hall–Kier alpha value is -3.30. The predicted octanol–water partition coefficient (Wildman–Crippen LogP) is 3.73. The quantitative estimate of drug-likeness (QED) is 0.425. The van der Waals surface area contributed by atoms with Crippen LogP contribution in [0.2, 0.25) is 0 Å². The predicted molar refractivity (Wildman–Crippen MR) is 122 cm³/mol. The van der Waals surface area contributed by atoms with Crippen LogP contribution in [0.4, 0.5) is 14.5 Å². The zero-order valence-corrected chi connectivity index (χ0v) is 18.9. The fourth-order valence-corrected chi connectivity index (χ4v) is 3.72. The Balaban J connectivity index is 1.90. The standard InChI is InChI=1S/C23H29F2N5O3/c1-3-5-7-13-29-18(10-11-19(31)26-17-9-8-15(24)14-16(17)25)27-21-20(29)22(32)28-23(33)30(21)12-6-4-2/h8-9,14H,3-7,10-13H2,1-2H3,(H,26,31)(H,28,32,33). The van der Waals surface area contributed by atoms with Crippen LogP contribution in [0, 0.1) is 11.6 Å². The van der Waals surface area contributed by atoms with Crippen molar-refractivity contribution in [2.24, 2.45) is 0 Å². The lowest BCUT2D eigenvalue weighted by molar-refractivity contribution is -0.116. The molecule has 0 unspecified atom stereocenters. The number of amides is 1. The largest absolute Gasteiger partial charge is 0.330 e. The summed E-state index contributed by atoms with van der Waals surface area (Å²) in [6, 6.07) is 2.92. The third-order valence-electron chi connectivity index (χ3n) is 5.47. The number of carbonyl (C=O) groups is 1. The Morgan fingerprint density at radius 2 is 1.79 bits per heavy atom. The van der Waals surface area contributed by atoms with Gasteiger partial charge in [0.1, 0.15) is 17.5 Å². The monoisotopic (exact) mass is 461 g/mol. The Morgan fingerprint density at radius 3 is 2.48 bits per heavy atom. The van der Waals surface area contributed by atoms with Crippen LogP contribution in [-0.4, -0.2) is 25.0 Å². The van der Waals surface area contributed by atoms with Crippen LogP contribution in [0.3, 0.4) is 0 Å². The highest BCUT2D eigenvalue weighted by Gasteiger charge is 2.19. The van der Waals surface area contributed by atoms with E-state index in [-0.39, 0.29) is 18.5 Å². The number of H-pyrrole nitrogens is 1. The number of imidazole rings is 1. The average Bonchev–Trinajstić information content (AvgIpc) is 3.13. The second-order valence-electron chi connectivity index (χ2n) is 8.00. The second-order valence-corrected chi connectivity index (χ2v) is 8.00. The van der Waals surface area contributed by atoms with Gasteiger partial charge in [-0.25, -0.2) is 18.6 Å². The van der Waals surface area contributed by atoms with Crippen LogP contribution in [0.5, 0.6) is 0 Å². The molecule has 3 aromatic rings. The normalized spacial score (nSPS) is 11.3. The number of rotatable bonds is 11. The molecule has 0 aliphatic heterocycles. The molecule has 3 rings (SSSR count). The van der Waals surface area contributed by atoms with Crippen LogP contribution in [0.15, 0.2) is 27.8 Å². The lowest BCUT2D eigenvalue weighted by atomic mass is 10.2. The molecular weight excluding hydrogens is 432 g/mol. The van der Waals surface area contributed by atoms with Crippen molar-refractivity contribution in [3.8, 4) is 0 Å². The molecule has 2 aromatic heterocycles. The van der Waals surface area contributed by atoms with Crippen molar-refractivity contribution in [3.05, 3.63) is 56.5 Å². The van der Waals surface area contributed by atoms with Gasteiger partial charge in [-0.05, 0) is 25.0 Å². The van der Waals surface area contributed by atoms with E-state index in [9.17, 15) is 23.2 Å². The Morgan fingerprint density at radius 1 is 1.06 bits per heavy atom. The van der Waals surface area contributed by atoms with Gasteiger partial charge in [-0.2, -0.15) is 0 Å². The lowest BCUT2D eigenvalue weighted by Gasteiger charge is -2.09. The lowest BCUT2D eigenvalue weighted by Crippen LogP contribution is -2.31. The molecule has 0 saturated heterocycles. The Labute approximate surface area is 189 Å². The summed E-state index contributed by atoms with van der Waals surface area (Å²) < 4.78 is 30.2. The van der Waals surface area contributed by atoms with Gasteiger partial charge in [-0.15, -0.1) is 0 Å². The summed E-state index contributed by atoms with van der Waals surface area (Å²) in [6.45, 7) is 5.04. The second kappa shape index (κ2) is 11.0. The number of fused-ring (bicyclic) bond motifs is 1. The maximum atomic E-state index is 13.8. The van der Waals surface area contributed by atoms with E-state index in [0.717, 1.165) is 44.2 Å². The van der Waals surface area contributed by atoms with Crippen LogP contribution < -0.4 is 16.6 Å². The van der Waals surface area contributed by atoms with E-state index in [2.05, 4.69) is 22.2 Å².